The van der Waals surface area contributed by atoms with Crippen molar-refractivity contribution in [3.05, 3.63) is 29.3 Å². The smallest absolute Gasteiger partial charge is 0.336 e. The molecule has 5 rings (SSSR count). The highest BCUT2D eigenvalue weighted by Gasteiger charge is 2.60. The van der Waals surface area contributed by atoms with Crippen molar-refractivity contribution in [3.63, 3.8) is 0 Å². The molecule has 0 unspecified atom stereocenters. The van der Waals surface area contributed by atoms with Crippen molar-refractivity contribution in [2.24, 2.45) is 0 Å². The first kappa shape index (κ1) is 28.6. The summed E-state index contributed by atoms with van der Waals surface area (Å²) in [5.41, 5.74) is -2.13. The molecule has 4 aliphatic rings. The molecule has 15 heteroatoms. The molecule has 2 saturated carbocycles. The number of alkyl halides is 3. The van der Waals surface area contributed by atoms with E-state index in [1.165, 1.54) is 23.1 Å². The van der Waals surface area contributed by atoms with E-state index in [1.54, 1.807) is 11.0 Å². The van der Waals surface area contributed by atoms with E-state index in [0.717, 1.165) is 0 Å². The van der Waals surface area contributed by atoms with Crippen LogP contribution in [0.5, 0.6) is 0 Å². The first-order chi connectivity index (χ1) is 18.7. The molecule has 2 aliphatic carbocycles. The van der Waals surface area contributed by atoms with Gasteiger partial charge in [-0.15, -0.1) is 0 Å². The number of hydrogen-bond acceptors (Lipinski definition) is 7. The third kappa shape index (κ3) is 5.03. The number of nitrogens with zero attached hydrogens (tertiary/aromatic N) is 4. The molecule has 1 aromatic carbocycles. The van der Waals surface area contributed by atoms with Gasteiger partial charge in [-0.3, -0.25) is 19.3 Å². The van der Waals surface area contributed by atoms with E-state index in [4.69, 9.17) is 11.6 Å². The maximum absolute atomic E-state index is 14.0. The third-order valence-corrected chi connectivity index (χ3v) is 10.9. The average Bonchev–Trinajstić information content (AvgIpc) is 3.84. The van der Waals surface area contributed by atoms with Gasteiger partial charge in [-0.25, -0.2) is 8.42 Å². The maximum atomic E-state index is 14.0. The minimum atomic E-state index is -4.99. The second-order valence-electron chi connectivity index (χ2n) is 10.8. The van der Waals surface area contributed by atoms with Crippen LogP contribution in [0, 0.1) is 11.3 Å². The molecule has 40 heavy (non-hydrogen) atoms. The second kappa shape index (κ2) is 9.88. The van der Waals surface area contributed by atoms with E-state index in [1.807, 2.05) is 0 Å². The van der Waals surface area contributed by atoms with Gasteiger partial charge >= 0.3 is 12.1 Å². The fourth-order valence-corrected chi connectivity index (χ4v) is 7.85. The second-order valence-corrected chi connectivity index (χ2v) is 13.4. The third-order valence-electron chi connectivity index (χ3n) is 8.27. The minimum Gasteiger partial charge on any atom is -0.336 e. The number of hydrogen-bond donors (Lipinski definition) is 1. The topological polar surface area (TPSA) is 131 Å². The van der Waals surface area contributed by atoms with E-state index in [0.29, 0.717) is 30.6 Å². The van der Waals surface area contributed by atoms with Gasteiger partial charge < -0.3 is 15.1 Å². The highest BCUT2D eigenvalue weighted by molar-refractivity contribution is 7.92. The Balaban J connectivity index is 1.38. The number of carbonyl (C=O) groups excluding carboxylic acids is 3. The van der Waals surface area contributed by atoms with Gasteiger partial charge in [-0.2, -0.15) is 18.4 Å². The van der Waals surface area contributed by atoms with Crippen LogP contribution in [0.3, 0.4) is 0 Å². The molecule has 1 aromatic rings. The van der Waals surface area contributed by atoms with Crippen LogP contribution in [0.25, 0.3) is 0 Å². The highest BCUT2D eigenvalue weighted by Crippen LogP contribution is 2.46. The Morgan fingerprint density at radius 3 is 2.20 bits per heavy atom. The molecule has 2 heterocycles. The normalized spacial score (nSPS) is 25.7. The van der Waals surface area contributed by atoms with Crippen LogP contribution in [0.4, 0.5) is 13.2 Å². The van der Waals surface area contributed by atoms with Crippen molar-refractivity contribution < 1.29 is 36.0 Å². The number of likely N-dealkylation sites (tertiary alicyclic amines) is 1. The standard InChI is InChI=1S/C25H27ClF3N5O5S/c26-17-3-1-2-4-19(17)40(38,39)16-13-18(20(35)31-23(15-30)5-6-23)34(14-16)21(36)24(7-8-24)33-11-9-32(10-12-33)22(37)25(27,28)29/h1-4,16,18H,5-14H2,(H,31,35)/t16-,18+/m1/s1. The lowest BCUT2D eigenvalue weighted by Crippen LogP contribution is -2.61. The zero-order valence-corrected chi connectivity index (χ0v) is 22.9. The summed E-state index contributed by atoms with van der Waals surface area (Å²) in [5, 5.41) is 11.0. The molecule has 2 saturated heterocycles. The zero-order valence-electron chi connectivity index (χ0n) is 21.3. The molecule has 4 fully saturated rings. The van der Waals surface area contributed by atoms with Gasteiger partial charge in [-0.1, -0.05) is 23.7 Å². The first-order valence-electron chi connectivity index (χ1n) is 12.9. The van der Waals surface area contributed by atoms with E-state index in [9.17, 15) is 41.2 Å². The number of benzene rings is 1. The highest BCUT2D eigenvalue weighted by atomic mass is 35.5. The summed E-state index contributed by atoms with van der Waals surface area (Å²) < 4.78 is 65.7. The van der Waals surface area contributed by atoms with Crippen molar-refractivity contribution in [2.75, 3.05) is 32.7 Å². The van der Waals surface area contributed by atoms with Crippen molar-refractivity contribution >= 4 is 39.2 Å². The van der Waals surface area contributed by atoms with Gasteiger partial charge in [0.15, 0.2) is 9.84 Å². The predicted molar refractivity (Wildman–Crippen MR) is 134 cm³/mol. The van der Waals surface area contributed by atoms with Crippen LogP contribution in [-0.2, 0) is 24.2 Å². The Bertz CT molecular complexity index is 1380. The quantitative estimate of drug-likeness (QED) is 0.523. The molecular formula is C25H27ClF3N5O5S. The summed E-state index contributed by atoms with van der Waals surface area (Å²) in [6.07, 6.45) is -3.53. The van der Waals surface area contributed by atoms with Crippen LogP contribution in [0.15, 0.2) is 29.2 Å². The number of halogens is 4. The lowest BCUT2D eigenvalue weighted by molar-refractivity contribution is -0.187. The monoisotopic (exact) mass is 601 g/mol. The Kier molecular flexibility index (Phi) is 7.07. The SMILES string of the molecule is N#CC1(NC(=O)[C@@H]2C[C@@H](S(=O)(=O)c3ccccc3Cl)CN2C(=O)C2(N3CCN(C(=O)C(F)(F)F)CC3)CC2)CC1. The molecule has 3 amide bonds. The van der Waals surface area contributed by atoms with E-state index < -0.39 is 56.1 Å². The van der Waals surface area contributed by atoms with Gasteiger partial charge in [0.1, 0.15) is 17.1 Å². The first-order valence-corrected chi connectivity index (χ1v) is 14.8. The number of carbonyl (C=O) groups is 3. The van der Waals surface area contributed by atoms with Gasteiger partial charge in [0.05, 0.1) is 21.2 Å². The summed E-state index contributed by atoms with van der Waals surface area (Å²) in [6, 6.07) is 6.78. The molecule has 0 radical (unpaired) electrons. The molecule has 0 bridgehead atoms. The van der Waals surface area contributed by atoms with Crippen molar-refractivity contribution in [3.8, 4) is 6.07 Å². The molecule has 2 aliphatic heterocycles. The van der Waals surface area contributed by atoms with Crippen LogP contribution in [0.2, 0.25) is 5.02 Å². The Morgan fingerprint density at radius 1 is 1.05 bits per heavy atom. The summed E-state index contributed by atoms with van der Waals surface area (Å²) in [4.78, 5) is 42.5. The minimum absolute atomic E-state index is 0.0135. The lowest BCUT2D eigenvalue weighted by Gasteiger charge is -2.41. The van der Waals surface area contributed by atoms with Crippen molar-refractivity contribution in [1.82, 2.24) is 20.0 Å². The van der Waals surface area contributed by atoms with Crippen molar-refractivity contribution in [2.45, 2.75) is 65.5 Å². The Labute approximate surface area is 233 Å². The molecule has 10 nitrogen and oxygen atoms in total. The average molecular weight is 602 g/mol. The molecule has 216 valence electrons. The summed E-state index contributed by atoms with van der Waals surface area (Å²) in [7, 11) is -4.05. The number of rotatable bonds is 6. The summed E-state index contributed by atoms with van der Waals surface area (Å²) >= 11 is 6.17. The summed E-state index contributed by atoms with van der Waals surface area (Å²) in [6.45, 7) is -0.663. The number of nitrogens with one attached hydrogen (secondary N) is 1. The number of sulfone groups is 1. The zero-order chi connectivity index (χ0) is 29.1. The van der Waals surface area contributed by atoms with E-state index >= 15 is 0 Å². The molecule has 2 atom stereocenters. The fraction of sp³-hybridized carbons (Fsp3) is 0.600. The largest absolute Gasteiger partial charge is 0.471 e. The van der Waals surface area contributed by atoms with E-state index in [-0.39, 0.29) is 49.1 Å². The van der Waals surface area contributed by atoms with Crippen molar-refractivity contribution in [1.29, 1.82) is 5.26 Å². The van der Waals surface area contributed by atoms with Crippen LogP contribution >= 0.6 is 11.6 Å². The van der Waals surface area contributed by atoms with Crippen LogP contribution < -0.4 is 5.32 Å². The molecule has 0 aromatic heterocycles. The Morgan fingerprint density at radius 2 is 1.68 bits per heavy atom. The molecular weight excluding hydrogens is 575 g/mol. The van der Waals surface area contributed by atoms with E-state index in [2.05, 4.69) is 11.4 Å². The number of nitriles is 1. The van der Waals surface area contributed by atoms with Gasteiger partial charge in [-0.05, 0) is 44.2 Å². The van der Waals surface area contributed by atoms with Crippen LogP contribution in [-0.4, -0.2) is 102 Å². The predicted octanol–water partition coefficient (Wildman–Crippen LogP) is 1.49. The number of piperazine rings is 1. The molecule has 0 spiro atoms. The Hall–Kier alpha value is -2.89. The van der Waals surface area contributed by atoms with Gasteiger partial charge in [0.25, 0.3) is 0 Å². The van der Waals surface area contributed by atoms with Crippen LogP contribution in [0.1, 0.15) is 32.1 Å². The molecule has 1 N–H and O–H groups in total. The maximum Gasteiger partial charge on any atom is 0.471 e. The fourth-order valence-electron chi connectivity index (χ4n) is 5.63. The number of amides is 3. The van der Waals surface area contributed by atoms with Gasteiger partial charge in [0.2, 0.25) is 11.8 Å². The lowest BCUT2D eigenvalue weighted by atomic mass is 10.1. The van der Waals surface area contributed by atoms with Gasteiger partial charge in [0, 0.05) is 32.7 Å². The summed E-state index contributed by atoms with van der Waals surface area (Å²) in [5.74, 6) is -3.04.